The summed E-state index contributed by atoms with van der Waals surface area (Å²) in [6, 6.07) is 90.3. The molecule has 326 valence electrons. The Bertz CT molecular complexity index is 4880. The molecule has 0 unspecified atom stereocenters. The van der Waals surface area contributed by atoms with Crippen molar-refractivity contribution in [3.8, 4) is 33.4 Å². The van der Waals surface area contributed by atoms with E-state index in [0.29, 0.717) is 0 Å². The lowest BCUT2D eigenvalue weighted by Crippen LogP contribution is -1.95. The molecule has 16 aromatic rings. The van der Waals surface area contributed by atoms with Gasteiger partial charge in [-0.15, -0.1) is 0 Å². The average molecular weight is 897 g/mol. The second kappa shape index (κ2) is 14.6. The van der Waals surface area contributed by atoms with Crippen LogP contribution in [0.3, 0.4) is 0 Å². The van der Waals surface area contributed by atoms with Crippen LogP contribution in [0.4, 0.5) is 0 Å². The first-order chi connectivity index (χ1) is 35.2. The molecule has 0 saturated carbocycles. The molecule has 0 fully saturated rings. The minimum absolute atomic E-state index is 0.908. The van der Waals surface area contributed by atoms with Gasteiger partial charge in [-0.2, -0.15) is 0 Å². The second-order valence-corrected chi connectivity index (χ2v) is 19.4. The number of rotatable bonds is 3. The van der Waals surface area contributed by atoms with Crippen LogP contribution in [0, 0.1) is 0 Å². The third kappa shape index (κ3) is 5.46. The predicted molar refractivity (Wildman–Crippen MR) is 305 cm³/mol. The van der Waals surface area contributed by atoms with Crippen LogP contribution in [0.2, 0.25) is 0 Å². The molecule has 71 heavy (non-hydrogen) atoms. The van der Waals surface area contributed by atoms with Gasteiger partial charge in [0.2, 0.25) is 0 Å². The molecule has 0 spiro atoms. The van der Waals surface area contributed by atoms with Crippen molar-refractivity contribution in [2.24, 2.45) is 0 Å². The van der Waals surface area contributed by atoms with E-state index in [-0.39, 0.29) is 0 Å². The van der Waals surface area contributed by atoms with Crippen molar-refractivity contribution in [1.29, 1.82) is 0 Å². The standard InChI is InChI=1S/C70H40O/c1-2-17-43-37-45(32-29-41(43)15-1)65-50-21-7-11-25-54(50)67(55-26-12-8-22-51(55)65)68-56-27-13-9-23-52(56)66(53-24-10-14-28-57(53)68)46-33-34-59-61(39-46)49-20-6-5-19-48(49)58-35-36-63-70(69(58)59)62-38-44-31-30-42-16-3-4-18-47(42)60(44)40-64(62)71-63/h1-40H. The Morgan fingerprint density at radius 3 is 1.21 bits per heavy atom. The third-order valence-corrected chi connectivity index (χ3v) is 15.7. The molecule has 0 aliphatic heterocycles. The van der Waals surface area contributed by atoms with Crippen molar-refractivity contribution < 1.29 is 4.42 Å². The van der Waals surface area contributed by atoms with E-state index in [4.69, 9.17) is 4.42 Å². The van der Waals surface area contributed by atoms with Crippen LogP contribution in [0.1, 0.15) is 0 Å². The van der Waals surface area contributed by atoms with E-state index in [2.05, 4.69) is 243 Å². The van der Waals surface area contributed by atoms with E-state index in [1.165, 1.54) is 146 Å². The van der Waals surface area contributed by atoms with Gasteiger partial charge >= 0.3 is 0 Å². The van der Waals surface area contributed by atoms with Crippen LogP contribution < -0.4 is 0 Å². The molecule has 0 radical (unpaired) electrons. The number of hydrogen-bond acceptors (Lipinski definition) is 1. The highest BCUT2D eigenvalue weighted by Crippen LogP contribution is 2.51. The highest BCUT2D eigenvalue weighted by Gasteiger charge is 2.24. The van der Waals surface area contributed by atoms with Gasteiger partial charge in [0.05, 0.1) is 0 Å². The summed E-state index contributed by atoms with van der Waals surface area (Å²) in [6.07, 6.45) is 0. The molecule has 1 nitrogen and oxygen atoms in total. The van der Waals surface area contributed by atoms with E-state index < -0.39 is 0 Å². The maximum atomic E-state index is 6.81. The van der Waals surface area contributed by atoms with E-state index in [9.17, 15) is 0 Å². The van der Waals surface area contributed by atoms with Crippen LogP contribution >= 0.6 is 0 Å². The Hall–Kier alpha value is -9.30. The maximum Gasteiger partial charge on any atom is 0.136 e. The van der Waals surface area contributed by atoms with Gasteiger partial charge in [0.25, 0.3) is 0 Å². The highest BCUT2D eigenvalue weighted by molar-refractivity contribution is 6.36. The quantitative estimate of drug-likeness (QED) is 0.127. The molecule has 1 heterocycles. The van der Waals surface area contributed by atoms with E-state index in [1.807, 2.05) is 0 Å². The lowest BCUT2D eigenvalue weighted by molar-refractivity contribution is 0.670. The predicted octanol–water partition coefficient (Wildman–Crippen LogP) is 20.1. The van der Waals surface area contributed by atoms with Gasteiger partial charge in [0, 0.05) is 16.2 Å². The van der Waals surface area contributed by atoms with Gasteiger partial charge in [0.1, 0.15) is 11.2 Å². The van der Waals surface area contributed by atoms with Gasteiger partial charge in [0.15, 0.2) is 0 Å². The molecule has 0 N–H and O–H groups in total. The van der Waals surface area contributed by atoms with Gasteiger partial charge in [-0.1, -0.05) is 206 Å². The fourth-order valence-electron chi connectivity index (χ4n) is 12.7. The van der Waals surface area contributed by atoms with Crippen molar-refractivity contribution in [2.45, 2.75) is 0 Å². The summed E-state index contributed by atoms with van der Waals surface area (Å²) in [4.78, 5) is 0. The van der Waals surface area contributed by atoms with Gasteiger partial charge in [-0.3, -0.25) is 0 Å². The summed E-state index contributed by atoms with van der Waals surface area (Å²) in [5.41, 5.74) is 9.31. The van der Waals surface area contributed by atoms with Crippen molar-refractivity contribution in [1.82, 2.24) is 0 Å². The molecule has 15 aromatic carbocycles. The first kappa shape index (κ1) is 38.6. The summed E-state index contributed by atoms with van der Waals surface area (Å²) >= 11 is 0. The molecule has 1 aromatic heterocycles. The zero-order valence-corrected chi connectivity index (χ0v) is 38.5. The average Bonchev–Trinajstić information content (AvgIpc) is 3.81. The second-order valence-electron chi connectivity index (χ2n) is 19.4. The SMILES string of the molecule is c1ccc2cc(-c3c4ccccc4c(-c4c5ccccc5c(-c5ccc6c(c5)c5ccccc5c5ccc7oc8cc9c(ccc%10ccccc%109)cc8c7c56)c5ccccc45)c4ccccc34)ccc2c1. The molecule has 16 rings (SSSR count). The third-order valence-electron chi connectivity index (χ3n) is 15.7. The topological polar surface area (TPSA) is 13.1 Å². The first-order valence-corrected chi connectivity index (χ1v) is 24.7. The molecule has 0 atom stereocenters. The molecule has 0 amide bonds. The van der Waals surface area contributed by atoms with Gasteiger partial charge < -0.3 is 4.42 Å². The summed E-state index contributed by atoms with van der Waals surface area (Å²) in [5, 5.41) is 27.1. The smallest absolute Gasteiger partial charge is 0.136 e. The Balaban J connectivity index is 0.978. The van der Waals surface area contributed by atoms with Crippen LogP contribution in [0.5, 0.6) is 0 Å². The molecular formula is C70H40O. The summed E-state index contributed by atoms with van der Waals surface area (Å²) in [7, 11) is 0. The maximum absolute atomic E-state index is 6.81. The summed E-state index contributed by atoms with van der Waals surface area (Å²) in [6.45, 7) is 0. The van der Waals surface area contributed by atoms with Crippen LogP contribution in [-0.4, -0.2) is 0 Å². The van der Waals surface area contributed by atoms with Crippen molar-refractivity contribution in [3.63, 3.8) is 0 Å². The van der Waals surface area contributed by atoms with Crippen LogP contribution in [0.25, 0.3) is 163 Å². The fraction of sp³-hybridized carbons (Fsp3) is 0. The lowest BCUT2D eigenvalue weighted by Gasteiger charge is -2.22. The Kier molecular flexibility index (Phi) is 7.95. The Labute approximate surface area is 408 Å². The van der Waals surface area contributed by atoms with Gasteiger partial charge in [-0.25, -0.2) is 0 Å². The normalized spacial score (nSPS) is 12.2. The summed E-state index contributed by atoms with van der Waals surface area (Å²) < 4.78 is 6.81. The fourth-order valence-corrected chi connectivity index (χ4v) is 12.7. The molecular weight excluding hydrogens is 857 g/mol. The molecule has 0 aliphatic rings. The van der Waals surface area contributed by atoms with Crippen molar-refractivity contribution in [3.05, 3.63) is 243 Å². The van der Waals surface area contributed by atoms with Gasteiger partial charge in [-0.05, 0) is 172 Å². The lowest BCUT2D eigenvalue weighted by atomic mass is 9.80. The molecule has 0 bridgehead atoms. The number of hydrogen-bond donors (Lipinski definition) is 0. The van der Waals surface area contributed by atoms with Crippen LogP contribution in [0.15, 0.2) is 247 Å². The minimum Gasteiger partial charge on any atom is -0.456 e. The zero-order chi connectivity index (χ0) is 46.3. The van der Waals surface area contributed by atoms with Crippen molar-refractivity contribution >= 4 is 130 Å². The van der Waals surface area contributed by atoms with Crippen molar-refractivity contribution in [2.75, 3.05) is 0 Å². The van der Waals surface area contributed by atoms with E-state index in [0.717, 1.165) is 16.6 Å². The molecule has 0 aliphatic carbocycles. The molecule has 1 heteroatoms. The largest absolute Gasteiger partial charge is 0.456 e. The number of fused-ring (bicyclic) bond motifs is 18. The van der Waals surface area contributed by atoms with E-state index in [1.54, 1.807) is 0 Å². The first-order valence-electron chi connectivity index (χ1n) is 24.7. The Morgan fingerprint density at radius 1 is 0.183 bits per heavy atom. The molecule has 0 saturated heterocycles. The number of benzene rings is 15. The van der Waals surface area contributed by atoms with Crippen LogP contribution in [-0.2, 0) is 0 Å². The minimum atomic E-state index is 0.908. The monoisotopic (exact) mass is 896 g/mol. The zero-order valence-electron chi connectivity index (χ0n) is 38.5. The number of furan rings is 1. The highest BCUT2D eigenvalue weighted by atomic mass is 16.3. The summed E-state index contributed by atoms with van der Waals surface area (Å²) in [5.74, 6) is 0. The van der Waals surface area contributed by atoms with E-state index >= 15 is 0 Å². The Morgan fingerprint density at radius 2 is 0.606 bits per heavy atom.